The molecule has 2 aromatic carbocycles. The van der Waals surface area contributed by atoms with E-state index < -0.39 is 20.2 Å². The Bertz CT molecular complexity index is 1490. The predicted octanol–water partition coefficient (Wildman–Crippen LogP) is 3.86. The minimum Gasteiger partial charge on any atom is -0.340 e. The molecule has 10 nitrogen and oxygen atoms in total. The maximum Gasteiger partial charge on any atom is 0.294 e. The molecule has 172 valence electrons. The minimum absolute atomic E-state index is 0.218. The van der Waals surface area contributed by atoms with Crippen molar-refractivity contribution in [2.45, 2.75) is 30.6 Å². The summed E-state index contributed by atoms with van der Waals surface area (Å²) >= 11 is 0. The molecule has 0 aliphatic carbocycles. The summed E-state index contributed by atoms with van der Waals surface area (Å²) in [5.41, 5.74) is 3.16. The van der Waals surface area contributed by atoms with Gasteiger partial charge in [-0.1, -0.05) is 0 Å². The van der Waals surface area contributed by atoms with Crippen molar-refractivity contribution in [1.82, 2.24) is 4.98 Å². The average Bonchev–Trinajstić information content (AvgIpc) is 2.72. The maximum atomic E-state index is 11.4. The summed E-state index contributed by atoms with van der Waals surface area (Å²) in [7, 11) is -8.67. The van der Waals surface area contributed by atoms with Crippen LogP contribution >= 0.6 is 0 Å². The molecule has 0 aliphatic heterocycles. The molecule has 33 heavy (non-hydrogen) atoms. The summed E-state index contributed by atoms with van der Waals surface area (Å²) in [4.78, 5) is 3.99. The number of benzene rings is 2. The lowest BCUT2D eigenvalue weighted by molar-refractivity contribution is 0.481. The quantitative estimate of drug-likeness (QED) is 0.374. The standard InChI is InChI=1S/C21H20N4O6S2/c1-12-10-17(33(29,30)31)8-9-19(12)24-20-14(3)13(2)18(11-22)21(25-20)23-15-4-6-16(7-5-15)32(26,27)28/h4-10H,1-3H3,(H2,23,24,25)(H,26,27,28)(H,29,30,31). The predicted molar refractivity (Wildman–Crippen MR) is 122 cm³/mol. The van der Waals surface area contributed by atoms with E-state index in [2.05, 4.69) is 21.7 Å². The molecule has 0 spiro atoms. The van der Waals surface area contributed by atoms with E-state index in [-0.39, 0.29) is 21.2 Å². The minimum atomic E-state index is -4.34. The van der Waals surface area contributed by atoms with E-state index in [1.54, 1.807) is 20.8 Å². The molecule has 0 saturated carbocycles. The topological polar surface area (TPSA) is 169 Å². The number of nitrogens with one attached hydrogen (secondary N) is 2. The fourth-order valence-electron chi connectivity index (χ4n) is 3.05. The summed E-state index contributed by atoms with van der Waals surface area (Å²) in [5.74, 6) is 0.626. The molecular weight excluding hydrogens is 468 g/mol. The third kappa shape index (κ3) is 5.29. The van der Waals surface area contributed by atoms with Gasteiger partial charge in [0, 0.05) is 11.4 Å². The van der Waals surface area contributed by atoms with E-state index >= 15 is 0 Å². The molecule has 0 atom stereocenters. The van der Waals surface area contributed by atoms with Crippen LogP contribution in [0.3, 0.4) is 0 Å². The number of hydrogen-bond donors (Lipinski definition) is 4. The van der Waals surface area contributed by atoms with Crippen LogP contribution in [0.4, 0.5) is 23.0 Å². The summed E-state index contributed by atoms with van der Waals surface area (Å²) in [6.45, 7) is 5.19. The van der Waals surface area contributed by atoms with E-state index in [1.165, 1.54) is 42.5 Å². The first-order valence-corrected chi connectivity index (χ1v) is 12.3. The van der Waals surface area contributed by atoms with Gasteiger partial charge in [0.2, 0.25) is 0 Å². The van der Waals surface area contributed by atoms with Crippen molar-refractivity contribution in [2.75, 3.05) is 10.6 Å². The fraction of sp³-hybridized carbons (Fsp3) is 0.143. The Kier molecular flexibility index (Phi) is 6.44. The van der Waals surface area contributed by atoms with Crippen molar-refractivity contribution in [1.29, 1.82) is 5.26 Å². The zero-order chi connectivity index (χ0) is 24.6. The van der Waals surface area contributed by atoms with Crippen LogP contribution in [0.15, 0.2) is 52.3 Å². The van der Waals surface area contributed by atoms with Gasteiger partial charge in [-0.25, -0.2) is 4.98 Å². The number of aryl methyl sites for hydroxylation is 1. The number of anilines is 4. The summed E-state index contributed by atoms with van der Waals surface area (Å²) in [6, 6.07) is 11.4. The van der Waals surface area contributed by atoms with Crippen molar-refractivity contribution >= 4 is 43.2 Å². The lowest BCUT2D eigenvalue weighted by Gasteiger charge is -2.17. The van der Waals surface area contributed by atoms with Gasteiger partial charge in [-0.05, 0) is 79.9 Å². The zero-order valence-electron chi connectivity index (χ0n) is 17.8. The molecule has 1 aromatic heterocycles. The fourth-order valence-corrected chi connectivity index (χ4v) is 4.10. The first-order chi connectivity index (χ1) is 15.3. The lowest BCUT2D eigenvalue weighted by atomic mass is 10.0. The molecule has 0 amide bonds. The smallest absolute Gasteiger partial charge is 0.294 e. The van der Waals surface area contributed by atoms with Crippen molar-refractivity contribution in [3.05, 3.63) is 64.7 Å². The first kappa shape index (κ1) is 24.1. The van der Waals surface area contributed by atoms with Gasteiger partial charge in [-0.15, -0.1) is 0 Å². The van der Waals surface area contributed by atoms with Gasteiger partial charge in [-0.2, -0.15) is 22.1 Å². The van der Waals surface area contributed by atoms with E-state index in [4.69, 9.17) is 4.55 Å². The third-order valence-electron chi connectivity index (χ3n) is 5.03. The SMILES string of the molecule is Cc1cc(S(=O)(=O)O)ccc1Nc1nc(Nc2ccc(S(=O)(=O)O)cc2)c(C#N)c(C)c1C. The maximum absolute atomic E-state index is 11.4. The van der Waals surface area contributed by atoms with Crippen LogP contribution in [0.1, 0.15) is 22.3 Å². The Hall–Kier alpha value is -3.50. The second-order valence-corrected chi connectivity index (χ2v) is 10.1. The number of nitriles is 1. The van der Waals surface area contributed by atoms with Crippen molar-refractivity contribution in [2.24, 2.45) is 0 Å². The Morgan fingerprint density at radius 3 is 1.91 bits per heavy atom. The molecule has 3 aromatic rings. The van der Waals surface area contributed by atoms with E-state index in [0.717, 1.165) is 0 Å². The normalized spacial score (nSPS) is 11.6. The van der Waals surface area contributed by atoms with Gasteiger partial charge in [0.15, 0.2) is 5.82 Å². The van der Waals surface area contributed by atoms with Crippen LogP contribution in [0.5, 0.6) is 0 Å². The molecule has 0 bridgehead atoms. The molecule has 4 N–H and O–H groups in total. The van der Waals surface area contributed by atoms with Gasteiger partial charge >= 0.3 is 0 Å². The highest BCUT2D eigenvalue weighted by Crippen LogP contribution is 2.31. The molecule has 12 heteroatoms. The van der Waals surface area contributed by atoms with Crippen molar-refractivity contribution in [3.8, 4) is 6.07 Å². The van der Waals surface area contributed by atoms with Gasteiger partial charge in [-0.3, -0.25) is 9.11 Å². The number of aromatic nitrogens is 1. The number of rotatable bonds is 6. The van der Waals surface area contributed by atoms with Crippen molar-refractivity contribution in [3.63, 3.8) is 0 Å². The molecule has 0 fully saturated rings. The highest BCUT2D eigenvalue weighted by atomic mass is 32.2. The van der Waals surface area contributed by atoms with Gasteiger partial charge in [0.1, 0.15) is 11.9 Å². The molecular formula is C21H20N4O6S2. The third-order valence-corrected chi connectivity index (χ3v) is 6.75. The van der Waals surface area contributed by atoms with Gasteiger partial charge in [0.05, 0.1) is 15.4 Å². The summed E-state index contributed by atoms with van der Waals surface area (Å²) in [6.07, 6.45) is 0. The van der Waals surface area contributed by atoms with Crippen LogP contribution in [0.2, 0.25) is 0 Å². The van der Waals surface area contributed by atoms with E-state index in [0.29, 0.717) is 33.9 Å². The number of hydrogen-bond acceptors (Lipinski definition) is 8. The van der Waals surface area contributed by atoms with E-state index in [1.807, 2.05) is 0 Å². The molecule has 0 aliphatic rings. The molecule has 1 heterocycles. The largest absolute Gasteiger partial charge is 0.340 e. The molecule has 0 radical (unpaired) electrons. The van der Waals surface area contributed by atoms with Crippen LogP contribution in [-0.4, -0.2) is 30.9 Å². The summed E-state index contributed by atoms with van der Waals surface area (Å²) < 4.78 is 63.5. The lowest BCUT2D eigenvalue weighted by Crippen LogP contribution is -2.07. The Morgan fingerprint density at radius 2 is 1.39 bits per heavy atom. The van der Waals surface area contributed by atoms with Crippen molar-refractivity contribution < 1.29 is 25.9 Å². The average molecular weight is 489 g/mol. The van der Waals surface area contributed by atoms with Gasteiger partial charge < -0.3 is 10.6 Å². The zero-order valence-corrected chi connectivity index (χ0v) is 19.4. The second kappa shape index (κ2) is 8.80. The van der Waals surface area contributed by atoms with Crippen LogP contribution in [0, 0.1) is 32.1 Å². The van der Waals surface area contributed by atoms with Gasteiger partial charge in [0.25, 0.3) is 20.2 Å². The Balaban J connectivity index is 2.01. The molecule has 3 rings (SSSR count). The first-order valence-electron chi connectivity index (χ1n) is 9.42. The number of nitrogens with zero attached hydrogens (tertiary/aromatic N) is 2. The Labute approximate surface area is 191 Å². The monoisotopic (exact) mass is 488 g/mol. The van der Waals surface area contributed by atoms with E-state index in [9.17, 15) is 26.7 Å². The highest BCUT2D eigenvalue weighted by molar-refractivity contribution is 7.86. The summed E-state index contributed by atoms with van der Waals surface area (Å²) in [5, 5.41) is 15.7. The number of pyridine rings is 1. The molecule has 0 saturated heterocycles. The van der Waals surface area contributed by atoms with Crippen LogP contribution in [-0.2, 0) is 20.2 Å². The van der Waals surface area contributed by atoms with Crippen LogP contribution in [0.25, 0.3) is 0 Å². The molecule has 0 unspecified atom stereocenters. The highest BCUT2D eigenvalue weighted by Gasteiger charge is 2.17. The Morgan fingerprint density at radius 1 is 0.818 bits per heavy atom. The second-order valence-electron chi connectivity index (χ2n) is 7.25. The van der Waals surface area contributed by atoms with Crippen LogP contribution < -0.4 is 10.6 Å².